The van der Waals surface area contributed by atoms with E-state index in [4.69, 9.17) is 0 Å². The molecule has 0 heterocycles. The molecule has 0 amide bonds. The summed E-state index contributed by atoms with van der Waals surface area (Å²) in [6, 6.07) is 38.9. The molecule has 0 aliphatic carbocycles. The van der Waals surface area contributed by atoms with Gasteiger partial charge >= 0.3 is 0 Å². The Morgan fingerprint density at radius 1 is 0.745 bits per heavy atom. The largest absolute Gasteiger partial charge is 0.311 e. The van der Waals surface area contributed by atoms with Crippen molar-refractivity contribution in [1.82, 2.24) is 0 Å². The van der Waals surface area contributed by atoms with E-state index in [0.29, 0.717) is 0 Å². The highest BCUT2D eigenvalue weighted by Crippen LogP contribution is 2.46. The Kier molecular flexibility index (Phi) is 14.4. The normalized spacial score (nSPS) is 14.3. The minimum Gasteiger partial charge on any atom is -0.311 e. The van der Waals surface area contributed by atoms with Gasteiger partial charge in [-0.05, 0) is 96.3 Å². The lowest BCUT2D eigenvalue weighted by atomic mass is 9.66. The number of anilines is 2. The van der Waals surface area contributed by atoms with E-state index in [2.05, 4.69) is 211 Å². The molecule has 4 aromatic rings. The molecule has 4 rings (SSSR count). The third-order valence-electron chi connectivity index (χ3n) is 9.53. The van der Waals surface area contributed by atoms with Gasteiger partial charge in [0.1, 0.15) is 0 Å². The number of nitrogens with zero attached hydrogens (tertiary/aromatic N) is 1. The Labute approximate surface area is 308 Å². The summed E-state index contributed by atoms with van der Waals surface area (Å²) in [6.07, 6.45) is 22.6. The van der Waals surface area contributed by atoms with Gasteiger partial charge in [0, 0.05) is 22.5 Å². The van der Waals surface area contributed by atoms with Gasteiger partial charge in [0.2, 0.25) is 0 Å². The fourth-order valence-corrected chi connectivity index (χ4v) is 6.53. The number of hydrogen-bond donors (Lipinski definition) is 0. The van der Waals surface area contributed by atoms with E-state index in [-0.39, 0.29) is 11.3 Å². The molecule has 0 spiro atoms. The second-order valence-electron chi connectivity index (χ2n) is 13.3. The molecule has 0 saturated heterocycles. The van der Waals surface area contributed by atoms with E-state index in [9.17, 15) is 0 Å². The van der Waals surface area contributed by atoms with Gasteiger partial charge in [-0.15, -0.1) is 0 Å². The summed E-state index contributed by atoms with van der Waals surface area (Å²) >= 11 is 0. The van der Waals surface area contributed by atoms with Gasteiger partial charge < -0.3 is 4.90 Å². The lowest BCUT2D eigenvalue weighted by Gasteiger charge is -2.39. The number of rotatable bonds is 17. The predicted molar refractivity (Wildman–Crippen MR) is 226 cm³/mol. The molecule has 2 atom stereocenters. The molecule has 0 N–H and O–H groups in total. The van der Waals surface area contributed by atoms with Crippen molar-refractivity contribution in [2.45, 2.75) is 53.9 Å². The van der Waals surface area contributed by atoms with E-state index < -0.39 is 0 Å². The smallest absolute Gasteiger partial charge is 0.0461 e. The van der Waals surface area contributed by atoms with Gasteiger partial charge in [0.25, 0.3) is 0 Å². The van der Waals surface area contributed by atoms with Crippen LogP contribution in [-0.2, 0) is 0 Å². The van der Waals surface area contributed by atoms with Gasteiger partial charge in [-0.25, -0.2) is 0 Å². The van der Waals surface area contributed by atoms with Crippen molar-refractivity contribution < 1.29 is 0 Å². The molecule has 0 fully saturated rings. The SMILES string of the molecule is C=C/C=C(\C=C)C(C)(C(/C=C\C)=C/CCC)C(C)/C=C(\C=C/CC(=C)C)N(c1ccc(-c2ccccc2)cc1)c1ccc(-c2ccccc2)cc1. The molecular weight excluding hydrogens is 615 g/mol. The summed E-state index contributed by atoms with van der Waals surface area (Å²) in [5, 5.41) is 0. The Balaban J connectivity index is 1.97. The molecule has 1 heteroatoms. The summed E-state index contributed by atoms with van der Waals surface area (Å²) < 4.78 is 0. The molecule has 260 valence electrons. The van der Waals surface area contributed by atoms with E-state index >= 15 is 0 Å². The Morgan fingerprint density at radius 3 is 1.69 bits per heavy atom. The monoisotopic (exact) mass is 669 g/mol. The molecule has 0 saturated carbocycles. The number of hydrogen-bond acceptors (Lipinski definition) is 1. The van der Waals surface area contributed by atoms with Crippen molar-refractivity contribution in [3.05, 3.63) is 206 Å². The first-order chi connectivity index (χ1) is 24.8. The quantitative estimate of drug-likeness (QED) is 0.0799. The first-order valence-corrected chi connectivity index (χ1v) is 18.2. The van der Waals surface area contributed by atoms with Crippen molar-refractivity contribution in [2.75, 3.05) is 4.90 Å². The maximum atomic E-state index is 4.27. The zero-order valence-electron chi connectivity index (χ0n) is 31.4. The molecular formula is C50H55N. The fraction of sp³-hybridized carbons (Fsp3) is 0.200. The standard InChI is InChI=1S/C50H55N/c1-9-13-28-46(22-11-3)50(8,45(12-4)21-10-2)40(7)38-49(29-20-23-39(5)6)51(47-34-30-43(31-35-47)41-24-16-14-17-25-41)48-36-32-44(33-37-48)42-26-18-15-19-27-42/h10-12,14-22,24-38,40H,2,4-5,9,13,23H2,1,3,6-8H3/b22-11-,29-20-,45-21+,46-28+,49-38+. The lowest BCUT2D eigenvalue weighted by molar-refractivity contribution is 0.384. The molecule has 0 bridgehead atoms. The van der Waals surface area contributed by atoms with Crippen molar-refractivity contribution in [3.63, 3.8) is 0 Å². The minimum absolute atomic E-state index is 0.0696. The van der Waals surface area contributed by atoms with E-state index in [0.717, 1.165) is 47.5 Å². The molecule has 51 heavy (non-hydrogen) atoms. The summed E-state index contributed by atoms with van der Waals surface area (Å²) in [4.78, 5) is 2.38. The molecule has 0 aromatic heterocycles. The van der Waals surface area contributed by atoms with Crippen molar-refractivity contribution in [1.29, 1.82) is 0 Å². The molecule has 0 aliphatic rings. The highest BCUT2D eigenvalue weighted by molar-refractivity contribution is 5.76. The predicted octanol–water partition coefficient (Wildman–Crippen LogP) is 14.8. The highest BCUT2D eigenvalue weighted by Gasteiger charge is 2.36. The number of unbranched alkanes of at least 4 members (excludes halogenated alkanes) is 1. The number of allylic oxidation sites excluding steroid dienone is 12. The Hall–Kier alpha value is -5.40. The van der Waals surface area contributed by atoms with Crippen LogP contribution in [0, 0.1) is 11.3 Å². The molecule has 0 radical (unpaired) electrons. The van der Waals surface area contributed by atoms with Crippen LogP contribution in [0.5, 0.6) is 0 Å². The van der Waals surface area contributed by atoms with E-state index in [1.807, 2.05) is 12.2 Å². The zero-order valence-corrected chi connectivity index (χ0v) is 31.4. The van der Waals surface area contributed by atoms with Crippen molar-refractivity contribution >= 4 is 11.4 Å². The van der Waals surface area contributed by atoms with Crippen LogP contribution in [0.1, 0.15) is 53.9 Å². The second-order valence-corrected chi connectivity index (χ2v) is 13.3. The van der Waals surface area contributed by atoms with Gasteiger partial charge in [0.15, 0.2) is 0 Å². The van der Waals surface area contributed by atoms with Crippen LogP contribution >= 0.6 is 0 Å². The summed E-state index contributed by atoms with van der Waals surface area (Å²) in [7, 11) is 0. The zero-order chi connectivity index (χ0) is 36.6. The topological polar surface area (TPSA) is 3.24 Å². The minimum atomic E-state index is -0.370. The van der Waals surface area contributed by atoms with Gasteiger partial charge in [-0.3, -0.25) is 0 Å². The molecule has 1 nitrogen and oxygen atoms in total. The summed E-state index contributed by atoms with van der Waals surface area (Å²) in [5.41, 5.74) is 11.2. The fourth-order valence-electron chi connectivity index (χ4n) is 6.53. The molecule has 0 aliphatic heterocycles. The Bertz CT molecular complexity index is 1800. The van der Waals surface area contributed by atoms with Crippen LogP contribution < -0.4 is 4.90 Å². The second kappa shape index (κ2) is 19.1. The van der Waals surface area contributed by atoms with Crippen LogP contribution in [0.25, 0.3) is 22.3 Å². The average Bonchev–Trinajstić information content (AvgIpc) is 3.16. The van der Waals surface area contributed by atoms with E-state index in [1.54, 1.807) is 0 Å². The Morgan fingerprint density at radius 2 is 1.25 bits per heavy atom. The highest BCUT2D eigenvalue weighted by atomic mass is 15.1. The third kappa shape index (κ3) is 9.86. The van der Waals surface area contributed by atoms with Crippen molar-refractivity contribution in [3.8, 4) is 22.3 Å². The maximum Gasteiger partial charge on any atom is 0.0461 e. The lowest BCUT2D eigenvalue weighted by Crippen LogP contribution is -2.29. The first kappa shape index (κ1) is 38.4. The number of benzene rings is 4. The average molecular weight is 670 g/mol. The van der Waals surface area contributed by atoms with Gasteiger partial charge in [-0.2, -0.15) is 0 Å². The van der Waals surface area contributed by atoms with Crippen LogP contribution in [0.4, 0.5) is 11.4 Å². The first-order valence-electron chi connectivity index (χ1n) is 18.2. The van der Waals surface area contributed by atoms with E-state index in [1.165, 1.54) is 27.8 Å². The maximum absolute atomic E-state index is 4.27. The summed E-state index contributed by atoms with van der Waals surface area (Å²) in [6.45, 7) is 23.6. The van der Waals surface area contributed by atoms with Crippen LogP contribution in [0.15, 0.2) is 206 Å². The van der Waals surface area contributed by atoms with Crippen LogP contribution in [-0.4, -0.2) is 0 Å². The van der Waals surface area contributed by atoms with Crippen molar-refractivity contribution in [2.24, 2.45) is 11.3 Å². The van der Waals surface area contributed by atoms with Gasteiger partial charge in [0.05, 0.1) is 0 Å². The van der Waals surface area contributed by atoms with Crippen LogP contribution in [0.3, 0.4) is 0 Å². The van der Waals surface area contributed by atoms with Gasteiger partial charge in [-0.1, -0.05) is 186 Å². The molecule has 4 aromatic carbocycles. The third-order valence-corrected chi connectivity index (χ3v) is 9.53. The molecule has 2 unspecified atom stereocenters. The van der Waals surface area contributed by atoms with Crippen LogP contribution in [0.2, 0.25) is 0 Å². The summed E-state index contributed by atoms with van der Waals surface area (Å²) in [5.74, 6) is 0.0696.